The number of fused-ring (bicyclic) bond motifs is 1. The van der Waals surface area contributed by atoms with Gasteiger partial charge in [-0.05, 0) is 26.0 Å². The van der Waals surface area contributed by atoms with Crippen LogP contribution in [0, 0.1) is 0 Å². The van der Waals surface area contributed by atoms with Crippen LogP contribution in [0.1, 0.15) is 24.2 Å². The van der Waals surface area contributed by atoms with E-state index in [0.29, 0.717) is 5.56 Å². The minimum Gasteiger partial charge on any atom is -0.388 e. The highest BCUT2D eigenvalue weighted by atomic mass is 16.8. The number of benzene rings is 1. The Bertz CT molecular complexity index is 563. The fraction of sp³-hybridized carbons (Fsp3) is 0.562. The third kappa shape index (κ3) is 3.39. The Morgan fingerprint density at radius 3 is 2.65 bits per heavy atom. The number of ether oxygens (including phenoxy) is 3. The molecule has 2 saturated heterocycles. The standard InChI is InChI=1S/C16H21NO6/c1-16(2)22-13-11(19)12(21-15(13)23-16)10(18)8-17-14(20)9-6-4-3-5-7-9/h3-7,10-13,15,18-19H,8H2,1-2H3,(H,17,20)/t10-,11-,12-,13-,15-/m0/s1. The zero-order valence-electron chi connectivity index (χ0n) is 13.0. The lowest BCUT2D eigenvalue weighted by Crippen LogP contribution is -2.46. The number of rotatable bonds is 4. The van der Waals surface area contributed by atoms with Gasteiger partial charge in [-0.25, -0.2) is 0 Å². The van der Waals surface area contributed by atoms with Crippen LogP contribution in [0.4, 0.5) is 0 Å². The van der Waals surface area contributed by atoms with E-state index in [0.717, 1.165) is 0 Å². The third-order valence-corrected chi connectivity index (χ3v) is 3.94. The van der Waals surface area contributed by atoms with Crippen LogP contribution < -0.4 is 5.32 Å². The minimum absolute atomic E-state index is 0.0434. The van der Waals surface area contributed by atoms with Crippen molar-refractivity contribution in [3.63, 3.8) is 0 Å². The Kier molecular flexibility index (Phi) is 4.39. The second kappa shape index (κ2) is 6.18. The molecule has 0 radical (unpaired) electrons. The monoisotopic (exact) mass is 323 g/mol. The van der Waals surface area contributed by atoms with E-state index in [1.54, 1.807) is 38.1 Å². The molecule has 0 saturated carbocycles. The van der Waals surface area contributed by atoms with Crippen LogP contribution in [0.2, 0.25) is 0 Å². The van der Waals surface area contributed by atoms with Crippen molar-refractivity contribution >= 4 is 5.91 Å². The van der Waals surface area contributed by atoms with Crippen molar-refractivity contribution in [2.75, 3.05) is 6.54 Å². The van der Waals surface area contributed by atoms with Gasteiger partial charge in [-0.3, -0.25) is 4.79 Å². The van der Waals surface area contributed by atoms with Gasteiger partial charge >= 0.3 is 0 Å². The van der Waals surface area contributed by atoms with Gasteiger partial charge in [0.1, 0.15) is 24.4 Å². The number of carbonyl (C=O) groups is 1. The summed E-state index contributed by atoms with van der Waals surface area (Å²) in [4.78, 5) is 12.0. The molecule has 3 rings (SSSR count). The summed E-state index contributed by atoms with van der Waals surface area (Å²) in [5.74, 6) is -1.13. The van der Waals surface area contributed by atoms with Crippen LogP contribution >= 0.6 is 0 Å². The molecule has 0 bridgehead atoms. The number of aliphatic hydroxyl groups is 2. The molecule has 0 spiro atoms. The predicted octanol–water partition coefficient (Wildman–Crippen LogP) is 0.0146. The van der Waals surface area contributed by atoms with E-state index in [1.807, 2.05) is 6.07 Å². The molecule has 0 aliphatic carbocycles. The maximum absolute atomic E-state index is 12.0. The Balaban J connectivity index is 1.54. The molecule has 5 atom stereocenters. The van der Waals surface area contributed by atoms with Crippen LogP contribution in [0.15, 0.2) is 30.3 Å². The van der Waals surface area contributed by atoms with Gasteiger partial charge in [0.05, 0.1) is 0 Å². The molecule has 126 valence electrons. The van der Waals surface area contributed by atoms with Crippen molar-refractivity contribution in [2.24, 2.45) is 0 Å². The number of hydrogen-bond acceptors (Lipinski definition) is 6. The highest BCUT2D eigenvalue weighted by Gasteiger charge is 2.55. The largest absolute Gasteiger partial charge is 0.388 e. The Morgan fingerprint density at radius 1 is 1.30 bits per heavy atom. The van der Waals surface area contributed by atoms with Gasteiger partial charge in [-0.15, -0.1) is 0 Å². The van der Waals surface area contributed by atoms with Crippen LogP contribution in [0.5, 0.6) is 0 Å². The van der Waals surface area contributed by atoms with Crippen LogP contribution in [-0.4, -0.2) is 59.2 Å². The first-order chi connectivity index (χ1) is 10.9. The summed E-state index contributed by atoms with van der Waals surface area (Å²) in [6.07, 6.45) is -4.33. The van der Waals surface area contributed by atoms with E-state index < -0.39 is 36.5 Å². The first-order valence-electron chi connectivity index (χ1n) is 7.58. The quantitative estimate of drug-likeness (QED) is 0.722. The maximum atomic E-state index is 12.0. The molecule has 2 fully saturated rings. The van der Waals surface area contributed by atoms with E-state index in [4.69, 9.17) is 14.2 Å². The Labute approximate surface area is 134 Å². The second-order valence-corrected chi connectivity index (χ2v) is 6.20. The van der Waals surface area contributed by atoms with Gasteiger partial charge < -0.3 is 29.7 Å². The van der Waals surface area contributed by atoms with Gasteiger partial charge in [0.25, 0.3) is 5.91 Å². The van der Waals surface area contributed by atoms with Crippen molar-refractivity contribution in [1.82, 2.24) is 5.32 Å². The highest BCUT2D eigenvalue weighted by Crippen LogP contribution is 2.38. The number of aliphatic hydroxyl groups excluding tert-OH is 2. The van der Waals surface area contributed by atoms with Crippen LogP contribution in [0.3, 0.4) is 0 Å². The fourth-order valence-corrected chi connectivity index (χ4v) is 2.84. The summed E-state index contributed by atoms with van der Waals surface area (Å²) in [6.45, 7) is 3.41. The highest BCUT2D eigenvalue weighted by molar-refractivity contribution is 5.94. The lowest BCUT2D eigenvalue weighted by molar-refractivity contribution is -0.225. The average molecular weight is 323 g/mol. The molecule has 0 aromatic heterocycles. The molecular weight excluding hydrogens is 302 g/mol. The van der Waals surface area contributed by atoms with Gasteiger partial charge in [0.2, 0.25) is 0 Å². The van der Waals surface area contributed by atoms with Gasteiger partial charge in [0.15, 0.2) is 12.1 Å². The van der Waals surface area contributed by atoms with E-state index in [9.17, 15) is 15.0 Å². The second-order valence-electron chi connectivity index (χ2n) is 6.20. The third-order valence-electron chi connectivity index (χ3n) is 3.94. The maximum Gasteiger partial charge on any atom is 0.251 e. The molecule has 3 N–H and O–H groups in total. The lowest BCUT2D eigenvalue weighted by Gasteiger charge is -2.26. The molecule has 23 heavy (non-hydrogen) atoms. The molecule has 1 aromatic carbocycles. The van der Waals surface area contributed by atoms with E-state index in [1.165, 1.54) is 0 Å². The Hall–Kier alpha value is -1.51. The van der Waals surface area contributed by atoms with Crippen LogP contribution in [-0.2, 0) is 14.2 Å². The summed E-state index contributed by atoms with van der Waals surface area (Å²) in [5.41, 5.74) is 0.498. The zero-order chi connectivity index (χ0) is 16.6. The lowest BCUT2D eigenvalue weighted by atomic mass is 10.1. The Morgan fingerprint density at radius 2 is 2.00 bits per heavy atom. The minimum atomic E-state index is -1.07. The van der Waals surface area contributed by atoms with E-state index in [-0.39, 0.29) is 12.5 Å². The molecule has 1 amide bonds. The van der Waals surface area contributed by atoms with Gasteiger partial charge in [-0.2, -0.15) is 0 Å². The molecule has 2 aliphatic heterocycles. The summed E-state index contributed by atoms with van der Waals surface area (Å²) in [6, 6.07) is 8.68. The van der Waals surface area contributed by atoms with Crippen molar-refractivity contribution in [1.29, 1.82) is 0 Å². The van der Waals surface area contributed by atoms with Gasteiger partial charge in [-0.1, -0.05) is 18.2 Å². The number of amides is 1. The van der Waals surface area contributed by atoms with E-state index in [2.05, 4.69) is 5.32 Å². The predicted molar refractivity (Wildman–Crippen MR) is 79.5 cm³/mol. The molecule has 0 unspecified atom stereocenters. The first-order valence-corrected chi connectivity index (χ1v) is 7.58. The first kappa shape index (κ1) is 16.4. The molecule has 7 nitrogen and oxygen atoms in total. The topological polar surface area (TPSA) is 97.2 Å². The molecule has 7 heteroatoms. The normalized spacial score (nSPS) is 33.2. The summed E-state index contributed by atoms with van der Waals surface area (Å²) < 4.78 is 16.6. The molecular formula is C16H21NO6. The fourth-order valence-electron chi connectivity index (χ4n) is 2.84. The summed E-state index contributed by atoms with van der Waals surface area (Å²) >= 11 is 0. The van der Waals surface area contributed by atoms with Crippen molar-refractivity contribution in [3.05, 3.63) is 35.9 Å². The number of nitrogens with one attached hydrogen (secondary N) is 1. The smallest absolute Gasteiger partial charge is 0.251 e. The SMILES string of the molecule is CC1(C)O[C@@H]2O[C@@H]([C@@H](O)CNC(=O)c3ccccc3)[C@H](O)[C@@H]2O1. The molecule has 2 aliphatic rings. The van der Waals surface area contributed by atoms with Gasteiger partial charge in [0, 0.05) is 12.1 Å². The number of carbonyl (C=O) groups excluding carboxylic acids is 1. The van der Waals surface area contributed by atoms with Crippen molar-refractivity contribution in [2.45, 2.75) is 50.3 Å². The molecule has 2 heterocycles. The van der Waals surface area contributed by atoms with Crippen molar-refractivity contribution in [3.8, 4) is 0 Å². The number of hydrogen-bond donors (Lipinski definition) is 3. The summed E-state index contributed by atoms with van der Waals surface area (Å²) in [7, 11) is 0. The molecule has 1 aromatic rings. The average Bonchev–Trinajstić information content (AvgIpc) is 2.99. The zero-order valence-corrected chi connectivity index (χ0v) is 13.0. The van der Waals surface area contributed by atoms with Crippen LogP contribution in [0.25, 0.3) is 0 Å². The van der Waals surface area contributed by atoms with Crippen molar-refractivity contribution < 1.29 is 29.2 Å². The summed E-state index contributed by atoms with van der Waals surface area (Å²) in [5, 5.41) is 23.0. The van der Waals surface area contributed by atoms with E-state index >= 15 is 0 Å².